The number of aromatic nitrogens is 2. The number of anilines is 1. The van der Waals surface area contributed by atoms with Crippen LogP contribution in [0.3, 0.4) is 0 Å². The lowest BCUT2D eigenvalue weighted by Gasteiger charge is -2.18. The van der Waals surface area contributed by atoms with E-state index in [0.29, 0.717) is 12.2 Å². The predicted molar refractivity (Wildman–Crippen MR) is 101 cm³/mol. The molecule has 0 fully saturated rings. The van der Waals surface area contributed by atoms with Crippen molar-refractivity contribution < 1.29 is 5.11 Å². The molecule has 0 radical (unpaired) electrons. The molecule has 0 bridgehead atoms. The summed E-state index contributed by atoms with van der Waals surface area (Å²) in [4.78, 5) is 8.93. The van der Waals surface area contributed by atoms with Crippen molar-refractivity contribution in [1.29, 1.82) is 0 Å². The summed E-state index contributed by atoms with van der Waals surface area (Å²) in [6.07, 6.45) is 3.71. The fraction of sp³-hybridized carbons (Fsp3) is 0.200. The Morgan fingerprint density at radius 2 is 1.84 bits per heavy atom. The van der Waals surface area contributed by atoms with Crippen LogP contribution < -0.4 is 5.32 Å². The largest absolute Gasteiger partial charge is 0.390 e. The molecule has 2 aromatic carbocycles. The number of thioether (sulfide) groups is 1. The van der Waals surface area contributed by atoms with Gasteiger partial charge in [-0.25, -0.2) is 4.98 Å². The van der Waals surface area contributed by atoms with E-state index < -0.39 is 6.10 Å². The number of hydrogen-bond acceptors (Lipinski definition) is 5. The van der Waals surface area contributed by atoms with Crippen LogP contribution in [-0.4, -0.2) is 21.2 Å². The first kappa shape index (κ1) is 16.1. The molecule has 4 nitrogen and oxygen atoms in total. The Bertz CT molecular complexity index is 856. The molecular formula is C20H19N3OS. The number of benzene rings is 2. The zero-order valence-corrected chi connectivity index (χ0v) is 14.5. The molecule has 2 atom stereocenters. The summed E-state index contributed by atoms with van der Waals surface area (Å²) in [6.45, 7) is 0. The van der Waals surface area contributed by atoms with E-state index in [1.807, 2.05) is 30.3 Å². The lowest BCUT2D eigenvalue weighted by Crippen LogP contribution is -2.21. The quantitative estimate of drug-likeness (QED) is 0.686. The Morgan fingerprint density at radius 3 is 2.72 bits per heavy atom. The van der Waals surface area contributed by atoms with Gasteiger partial charge >= 0.3 is 0 Å². The Kier molecular flexibility index (Phi) is 4.68. The van der Waals surface area contributed by atoms with Gasteiger partial charge in [-0.2, -0.15) is 0 Å². The number of fused-ring (bicyclic) bond motifs is 1. The summed E-state index contributed by atoms with van der Waals surface area (Å²) >= 11 is 1.66. The Balaban J connectivity index is 1.47. The Labute approximate surface area is 151 Å². The minimum Gasteiger partial charge on any atom is -0.390 e. The van der Waals surface area contributed by atoms with Crippen LogP contribution in [0.15, 0.2) is 72.0 Å². The van der Waals surface area contributed by atoms with Gasteiger partial charge in [-0.15, -0.1) is 11.8 Å². The zero-order valence-electron chi connectivity index (χ0n) is 13.7. The highest BCUT2D eigenvalue weighted by Crippen LogP contribution is 2.33. The number of rotatable bonds is 5. The lowest BCUT2D eigenvalue weighted by atomic mass is 10.1. The molecule has 0 aliphatic heterocycles. The van der Waals surface area contributed by atoms with E-state index in [9.17, 15) is 5.11 Å². The summed E-state index contributed by atoms with van der Waals surface area (Å²) in [5.41, 5.74) is 3.59. The van der Waals surface area contributed by atoms with Gasteiger partial charge in [0.25, 0.3) is 0 Å². The van der Waals surface area contributed by atoms with Crippen molar-refractivity contribution in [2.24, 2.45) is 0 Å². The summed E-state index contributed by atoms with van der Waals surface area (Å²) in [5, 5.41) is 14.6. The van der Waals surface area contributed by atoms with Crippen molar-refractivity contribution in [1.82, 2.24) is 9.97 Å². The minimum atomic E-state index is -0.445. The zero-order chi connectivity index (χ0) is 17.1. The molecule has 1 aromatic heterocycles. The maximum atomic E-state index is 10.4. The molecule has 1 heterocycles. The molecule has 126 valence electrons. The second-order valence-electron chi connectivity index (χ2n) is 6.11. The van der Waals surface area contributed by atoms with E-state index in [1.165, 1.54) is 11.1 Å². The molecule has 5 heteroatoms. The molecule has 25 heavy (non-hydrogen) atoms. The van der Waals surface area contributed by atoms with Gasteiger partial charge < -0.3 is 10.4 Å². The molecule has 0 spiro atoms. The second-order valence-corrected chi connectivity index (χ2v) is 7.10. The molecule has 1 aliphatic rings. The predicted octanol–water partition coefficient (Wildman–Crippen LogP) is 3.84. The molecular weight excluding hydrogens is 330 g/mol. The van der Waals surface area contributed by atoms with Crippen LogP contribution in [0.5, 0.6) is 0 Å². The standard InChI is InChI=1S/C20H19N3OS/c24-17-10-15-8-4-5-9-16(15)20(17)23-18-11-21-12-19(22-18)25-13-14-6-2-1-3-7-14/h1-9,11-12,17,20,24H,10,13H2,(H,22,23)/t17-,20+/m1/s1. The molecule has 0 unspecified atom stereocenters. The summed E-state index contributed by atoms with van der Waals surface area (Å²) in [6, 6.07) is 18.3. The molecule has 0 amide bonds. The SMILES string of the molecule is O[C@@H]1Cc2ccccc2[C@@H]1Nc1cncc(SCc2ccccc2)n1. The lowest BCUT2D eigenvalue weighted by molar-refractivity contribution is 0.165. The second kappa shape index (κ2) is 7.25. The number of aliphatic hydroxyl groups excluding tert-OH is 1. The van der Waals surface area contributed by atoms with Gasteiger partial charge in [0.05, 0.1) is 24.5 Å². The van der Waals surface area contributed by atoms with Gasteiger partial charge in [0, 0.05) is 12.2 Å². The van der Waals surface area contributed by atoms with Crippen LogP contribution in [0.2, 0.25) is 0 Å². The topological polar surface area (TPSA) is 58.0 Å². The minimum absolute atomic E-state index is 0.139. The van der Waals surface area contributed by atoms with Gasteiger partial charge in [-0.3, -0.25) is 4.98 Å². The van der Waals surface area contributed by atoms with Crippen molar-refractivity contribution in [3.8, 4) is 0 Å². The van der Waals surface area contributed by atoms with E-state index in [1.54, 1.807) is 24.2 Å². The first-order valence-electron chi connectivity index (χ1n) is 8.31. The molecule has 2 N–H and O–H groups in total. The van der Waals surface area contributed by atoms with E-state index in [-0.39, 0.29) is 6.04 Å². The highest BCUT2D eigenvalue weighted by atomic mass is 32.2. The third kappa shape index (κ3) is 3.67. The highest BCUT2D eigenvalue weighted by molar-refractivity contribution is 7.98. The smallest absolute Gasteiger partial charge is 0.146 e. The van der Waals surface area contributed by atoms with Crippen LogP contribution in [0.25, 0.3) is 0 Å². The van der Waals surface area contributed by atoms with Gasteiger partial charge in [-0.05, 0) is 16.7 Å². The van der Waals surface area contributed by atoms with Crippen LogP contribution in [0, 0.1) is 0 Å². The first-order valence-corrected chi connectivity index (χ1v) is 9.29. The van der Waals surface area contributed by atoms with Crippen LogP contribution in [0.1, 0.15) is 22.7 Å². The summed E-state index contributed by atoms with van der Waals surface area (Å²) in [7, 11) is 0. The van der Waals surface area contributed by atoms with E-state index >= 15 is 0 Å². The van der Waals surface area contributed by atoms with E-state index in [2.05, 4.69) is 39.6 Å². The number of aliphatic hydroxyl groups is 1. The first-order chi connectivity index (χ1) is 12.3. The van der Waals surface area contributed by atoms with Gasteiger partial charge in [0.15, 0.2) is 0 Å². The van der Waals surface area contributed by atoms with E-state index in [0.717, 1.165) is 16.3 Å². The molecule has 4 rings (SSSR count). The Morgan fingerprint density at radius 1 is 1.04 bits per heavy atom. The number of nitrogens with one attached hydrogen (secondary N) is 1. The third-order valence-electron chi connectivity index (χ3n) is 4.35. The maximum absolute atomic E-state index is 10.4. The monoisotopic (exact) mass is 349 g/mol. The average Bonchev–Trinajstić information content (AvgIpc) is 2.97. The molecule has 3 aromatic rings. The van der Waals surface area contributed by atoms with Crippen molar-refractivity contribution in [2.75, 3.05) is 5.32 Å². The van der Waals surface area contributed by atoms with Crippen molar-refractivity contribution in [3.63, 3.8) is 0 Å². The summed E-state index contributed by atoms with van der Waals surface area (Å²) in [5.74, 6) is 1.55. The fourth-order valence-electron chi connectivity index (χ4n) is 3.13. The third-order valence-corrected chi connectivity index (χ3v) is 5.32. The number of hydrogen-bond donors (Lipinski definition) is 2. The maximum Gasteiger partial charge on any atom is 0.146 e. The summed E-state index contributed by atoms with van der Waals surface area (Å²) < 4.78 is 0. The fourth-order valence-corrected chi connectivity index (χ4v) is 3.93. The normalized spacial score (nSPS) is 18.8. The number of nitrogens with zero attached hydrogens (tertiary/aromatic N) is 2. The van der Waals surface area contributed by atoms with Crippen molar-refractivity contribution in [3.05, 3.63) is 83.7 Å². The Hall–Kier alpha value is -2.37. The molecule has 1 aliphatic carbocycles. The highest BCUT2D eigenvalue weighted by Gasteiger charge is 2.30. The van der Waals surface area contributed by atoms with Crippen molar-refractivity contribution >= 4 is 17.6 Å². The van der Waals surface area contributed by atoms with E-state index in [4.69, 9.17) is 0 Å². The molecule has 0 saturated heterocycles. The van der Waals surface area contributed by atoms with Crippen LogP contribution in [0.4, 0.5) is 5.82 Å². The van der Waals surface area contributed by atoms with Gasteiger partial charge in [-0.1, -0.05) is 54.6 Å². The van der Waals surface area contributed by atoms with Crippen molar-refractivity contribution in [2.45, 2.75) is 29.3 Å². The van der Waals surface area contributed by atoms with Gasteiger partial charge in [0.2, 0.25) is 0 Å². The average molecular weight is 349 g/mol. The van der Waals surface area contributed by atoms with Crippen LogP contribution >= 0.6 is 11.8 Å². The van der Waals surface area contributed by atoms with Gasteiger partial charge in [0.1, 0.15) is 10.8 Å². The molecule has 0 saturated carbocycles. The van der Waals surface area contributed by atoms with Crippen LogP contribution in [-0.2, 0) is 12.2 Å².